The maximum atomic E-state index is 12.6. The van der Waals surface area contributed by atoms with Crippen LogP contribution in [0.2, 0.25) is 0 Å². The molecule has 0 amide bonds. The highest BCUT2D eigenvalue weighted by Gasteiger charge is 2.38. The largest absolute Gasteiger partial charge is 0.399 e. The molecule has 2 unspecified atom stereocenters. The molecule has 1 saturated carbocycles. The van der Waals surface area contributed by atoms with E-state index in [1.54, 1.807) is 19.1 Å². The third-order valence-electron chi connectivity index (χ3n) is 4.13. The summed E-state index contributed by atoms with van der Waals surface area (Å²) >= 11 is 0. The molecule has 0 aromatic heterocycles. The summed E-state index contributed by atoms with van der Waals surface area (Å²) < 4.78 is 27.9. The van der Waals surface area contributed by atoms with E-state index >= 15 is 0 Å². The zero-order valence-corrected chi connectivity index (χ0v) is 13.4. The van der Waals surface area contributed by atoms with Gasteiger partial charge in [0.1, 0.15) is 0 Å². The topological polar surface area (TPSA) is 92.4 Å². The smallest absolute Gasteiger partial charge is 0.241 e. The number of nitrogens with two attached hydrogens (primary N) is 1. The van der Waals surface area contributed by atoms with Crippen LogP contribution >= 0.6 is 0 Å². The van der Waals surface area contributed by atoms with E-state index in [2.05, 4.69) is 11.6 Å². The van der Waals surface area contributed by atoms with Gasteiger partial charge in [-0.3, -0.25) is 0 Å². The molecule has 0 saturated heterocycles. The molecular weight excluding hydrogens is 288 g/mol. The van der Waals surface area contributed by atoms with E-state index in [0.717, 1.165) is 18.4 Å². The van der Waals surface area contributed by atoms with Gasteiger partial charge in [0.15, 0.2) is 0 Å². The van der Waals surface area contributed by atoms with E-state index < -0.39 is 15.6 Å². The number of hydrogen-bond acceptors (Lipinski definition) is 4. The highest BCUT2D eigenvalue weighted by molar-refractivity contribution is 7.89. The highest BCUT2D eigenvalue weighted by atomic mass is 32.2. The fraction of sp³-hybridized carbons (Fsp3) is 0.600. The molecule has 4 N–H and O–H groups in total. The second-order valence-corrected chi connectivity index (χ2v) is 8.01. The summed E-state index contributed by atoms with van der Waals surface area (Å²) in [4.78, 5) is 0.158. The Labute approximate surface area is 126 Å². The zero-order valence-electron chi connectivity index (χ0n) is 12.6. The van der Waals surface area contributed by atoms with Crippen LogP contribution in [0.3, 0.4) is 0 Å². The molecule has 2 atom stereocenters. The van der Waals surface area contributed by atoms with Crippen LogP contribution in [-0.4, -0.2) is 25.7 Å². The summed E-state index contributed by atoms with van der Waals surface area (Å²) in [6, 6.07) is 4.77. The van der Waals surface area contributed by atoms with Crippen molar-refractivity contribution in [1.29, 1.82) is 0 Å². The van der Waals surface area contributed by atoms with E-state index in [1.807, 2.05) is 0 Å². The number of nitrogens with one attached hydrogen (secondary N) is 1. The minimum absolute atomic E-state index is 0.158. The normalized spacial score (nSPS) is 26.7. The lowest BCUT2D eigenvalue weighted by Crippen LogP contribution is -2.53. The van der Waals surface area contributed by atoms with Crippen LogP contribution in [0.25, 0.3) is 0 Å². The average molecular weight is 312 g/mol. The number of aliphatic hydroxyl groups is 1. The summed E-state index contributed by atoms with van der Waals surface area (Å²) in [6.07, 6.45) is 3.31. The summed E-state index contributed by atoms with van der Waals surface area (Å²) in [6.45, 7) is 3.71. The number of aliphatic hydroxyl groups excluding tert-OH is 1. The van der Waals surface area contributed by atoms with Crippen molar-refractivity contribution in [1.82, 2.24) is 4.72 Å². The van der Waals surface area contributed by atoms with Crippen molar-refractivity contribution in [2.75, 3.05) is 12.3 Å². The molecule has 0 bridgehead atoms. The van der Waals surface area contributed by atoms with E-state index in [1.165, 1.54) is 6.07 Å². The van der Waals surface area contributed by atoms with Gasteiger partial charge in [-0.2, -0.15) is 0 Å². The molecule has 1 fully saturated rings. The maximum Gasteiger partial charge on any atom is 0.241 e. The lowest BCUT2D eigenvalue weighted by atomic mass is 9.78. The molecule has 0 aliphatic heterocycles. The van der Waals surface area contributed by atoms with Gasteiger partial charge in [-0.25, -0.2) is 13.1 Å². The van der Waals surface area contributed by atoms with E-state index in [0.29, 0.717) is 24.4 Å². The van der Waals surface area contributed by atoms with Gasteiger partial charge in [-0.15, -0.1) is 0 Å². The van der Waals surface area contributed by atoms with Crippen molar-refractivity contribution >= 4 is 15.7 Å². The highest BCUT2D eigenvalue weighted by Crippen LogP contribution is 2.33. The number of rotatable bonds is 4. The molecule has 1 aromatic carbocycles. The van der Waals surface area contributed by atoms with Gasteiger partial charge < -0.3 is 10.8 Å². The molecule has 0 spiro atoms. The monoisotopic (exact) mass is 312 g/mol. The Bertz CT molecular complexity index is 595. The van der Waals surface area contributed by atoms with Crippen LogP contribution in [-0.2, 0) is 10.0 Å². The van der Waals surface area contributed by atoms with Crippen LogP contribution in [0.5, 0.6) is 0 Å². The van der Waals surface area contributed by atoms with Gasteiger partial charge in [0.05, 0.1) is 17.0 Å². The third-order valence-corrected chi connectivity index (χ3v) is 5.69. The fourth-order valence-electron chi connectivity index (χ4n) is 3.20. The first-order chi connectivity index (χ1) is 9.76. The second kappa shape index (κ2) is 5.94. The van der Waals surface area contributed by atoms with Crippen molar-refractivity contribution in [3.8, 4) is 0 Å². The van der Waals surface area contributed by atoms with Crippen molar-refractivity contribution in [3.63, 3.8) is 0 Å². The van der Waals surface area contributed by atoms with E-state index in [9.17, 15) is 13.5 Å². The molecule has 1 aliphatic carbocycles. The third kappa shape index (κ3) is 3.75. The minimum atomic E-state index is -3.69. The molecule has 5 nitrogen and oxygen atoms in total. The van der Waals surface area contributed by atoms with Crippen LogP contribution < -0.4 is 10.5 Å². The number of anilines is 1. The van der Waals surface area contributed by atoms with Crippen molar-refractivity contribution in [2.24, 2.45) is 5.92 Å². The van der Waals surface area contributed by atoms with E-state index in [4.69, 9.17) is 5.73 Å². The van der Waals surface area contributed by atoms with Crippen LogP contribution in [0.1, 0.15) is 38.2 Å². The summed E-state index contributed by atoms with van der Waals surface area (Å²) in [7, 11) is -3.69. The summed E-state index contributed by atoms with van der Waals surface area (Å²) in [5.74, 6) is 0.399. The molecule has 21 heavy (non-hydrogen) atoms. The van der Waals surface area contributed by atoms with Crippen molar-refractivity contribution < 1.29 is 13.5 Å². The number of sulfonamides is 1. The molecule has 0 radical (unpaired) electrons. The fourth-order valence-corrected chi connectivity index (χ4v) is 4.77. The number of aryl methyl sites for hydroxylation is 1. The first kappa shape index (κ1) is 16.3. The van der Waals surface area contributed by atoms with Gasteiger partial charge in [0.2, 0.25) is 10.0 Å². The molecule has 1 aliphatic rings. The van der Waals surface area contributed by atoms with Gasteiger partial charge in [0, 0.05) is 5.69 Å². The van der Waals surface area contributed by atoms with Gasteiger partial charge in [0.25, 0.3) is 0 Å². The average Bonchev–Trinajstić information content (AvgIpc) is 2.37. The van der Waals surface area contributed by atoms with Gasteiger partial charge >= 0.3 is 0 Å². The summed E-state index contributed by atoms with van der Waals surface area (Å²) in [5, 5.41) is 9.73. The van der Waals surface area contributed by atoms with E-state index in [-0.39, 0.29) is 11.5 Å². The van der Waals surface area contributed by atoms with Crippen molar-refractivity contribution in [2.45, 2.75) is 50.0 Å². The Balaban J connectivity index is 2.31. The summed E-state index contributed by atoms with van der Waals surface area (Å²) in [5.41, 5.74) is 6.20. The number of hydrogen-bond donors (Lipinski definition) is 3. The quantitative estimate of drug-likeness (QED) is 0.739. The number of benzene rings is 1. The SMILES string of the molecule is Cc1cc(N)cc(S(=O)(=O)NC2(CO)CCCC(C)C2)c1. The predicted molar refractivity (Wildman–Crippen MR) is 83.4 cm³/mol. The van der Waals surface area contributed by atoms with Crippen LogP contribution in [0.15, 0.2) is 23.1 Å². The first-order valence-corrected chi connectivity index (χ1v) is 8.77. The molecule has 1 aromatic rings. The Morgan fingerprint density at radius 1 is 1.43 bits per heavy atom. The second-order valence-electron chi connectivity index (χ2n) is 6.32. The Hall–Kier alpha value is -1.11. The predicted octanol–water partition coefficient (Wildman–Crippen LogP) is 1.80. The Morgan fingerprint density at radius 3 is 2.71 bits per heavy atom. The lowest BCUT2D eigenvalue weighted by molar-refractivity contribution is 0.120. The Kier molecular flexibility index (Phi) is 4.60. The molecule has 0 heterocycles. The first-order valence-electron chi connectivity index (χ1n) is 7.28. The van der Waals surface area contributed by atoms with Crippen LogP contribution in [0, 0.1) is 12.8 Å². The molecule has 6 heteroatoms. The molecular formula is C15H24N2O3S. The number of nitrogen functional groups attached to an aromatic ring is 1. The lowest BCUT2D eigenvalue weighted by Gasteiger charge is -2.39. The maximum absolute atomic E-state index is 12.6. The van der Waals surface area contributed by atoms with Crippen LogP contribution in [0.4, 0.5) is 5.69 Å². The molecule has 2 rings (SSSR count). The standard InChI is InChI=1S/C15H24N2O3S/c1-11-4-3-5-15(9-11,10-18)17-21(19,20)14-7-12(2)6-13(16)8-14/h6-8,11,17-18H,3-5,9-10,16H2,1-2H3. The van der Waals surface area contributed by atoms with Gasteiger partial charge in [-0.05, 0) is 49.4 Å². The zero-order chi connectivity index (χ0) is 15.7. The van der Waals surface area contributed by atoms with Crippen molar-refractivity contribution in [3.05, 3.63) is 23.8 Å². The minimum Gasteiger partial charge on any atom is -0.399 e. The van der Waals surface area contributed by atoms with Gasteiger partial charge in [-0.1, -0.05) is 19.8 Å². The molecule has 118 valence electrons. The Morgan fingerprint density at radius 2 is 2.14 bits per heavy atom.